The Morgan fingerprint density at radius 2 is 1.56 bits per heavy atom. The van der Waals surface area contributed by atoms with Crippen LogP contribution in [0.2, 0.25) is 0 Å². The summed E-state index contributed by atoms with van der Waals surface area (Å²) < 4.78 is 0.554. The first-order valence-electron chi connectivity index (χ1n) is 5.44. The summed E-state index contributed by atoms with van der Waals surface area (Å²) in [5.41, 5.74) is 5.49. The van der Waals surface area contributed by atoms with E-state index in [4.69, 9.17) is 0 Å². The van der Waals surface area contributed by atoms with Gasteiger partial charge in [-0.1, -0.05) is 0 Å². The molecule has 0 spiro atoms. The van der Waals surface area contributed by atoms with Gasteiger partial charge in [0.05, 0.1) is 0 Å². The van der Waals surface area contributed by atoms with Crippen molar-refractivity contribution in [1.29, 1.82) is 0 Å². The molecule has 0 heterocycles. The summed E-state index contributed by atoms with van der Waals surface area (Å²) in [4.78, 5) is 0. The Kier molecular flexibility index (Phi) is 5.00. The van der Waals surface area contributed by atoms with E-state index in [1.54, 1.807) is 0 Å². The summed E-state index contributed by atoms with van der Waals surface area (Å²) in [5.74, 6) is 0. The van der Waals surface area contributed by atoms with Gasteiger partial charge in [-0.05, 0) is 0 Å². The molecule has 0 saturated heterocycles. The monoisotopic (exact) mass is 277 g/mol. The fourth-order valence-electron chi connectivity index (χ4n) is 2.21. The predicted molar refractivity (Wildman–Crippen MR) is 63.7 cm³/mol. The van der Waals surface area contributed by atoms with Crippen LogP contribution in [0.15, 0.2) is 54.6 Å². The van der Waals surface area contributed by atoms with Crippen LogP contribution in [0.3, 0.4) is 0 Å². The molecule has 1 aliphatic carbocycles. The van der Waals surface area contributed by atoms with Gasteiger partial charge in [-0.25, -0.2) is 0 Å². The molecule has 1 atom stereocenters. The average Bonchev–Trinajstić information content (AvgIpc) is 2.73. The van der Waals surface area contributed by atoms with Gasteiger partial charge in [-0.3, -0.25) is 0 Å². The van der Waals surface area contributed by atoms with Crippen LogP contribution >= 0.6 is 0 Å². The van der Waals surface area contributed by atoms with E-state index in [0.717, 1.165) is 0 Å². The molecule has 0 bridgehead atoms. The number of hydrogen-bond donors (Lipinski definition) is 0. The predicted octanol–water partition coefficient (Wildman–Crippen LogP) is -2.02. The molecule has 3 rings (SSSR count). The van der Waals surface area contributed by atoms with Gasteiger partial charge < -0.3 is 9.41 Å². The minimum atomic E-state index is 0. The van der Waals surface area contributed by atoms with Crippen molar-refractivity contribution in [2.24, 2.45) is 0 Å². The van der Waals surface area contributed by atoms with Crippen LogP contribution < -0.4 is 9.41 Å². The fraction of sp³-hybridized carbons (Fsp3) is 0.0667. The Balaban J connectivity index is 0.000000810. The van der Waals surface area contributed by atoms with Crippen LogP contribution in [-0.4, -0.2) is 0 Å². The van der Waals surface area contributed by atoms with Gasteiger partial charge in [-0.15, -0.1) is 0 Å². The summed E-state index contributed by atoms with van der Waals surface area (Å²) in [6.45, 7) is 0. The molecule has 1 aliphatic rings. The van der Waals surface area contributed by atoms with Gasteiger partial charge in [0, 0.05) is 0 Å². The molecule has 0 aliphatic heterocycles. The van der Waals surface area contributed by atoms with Crippen molar-refractivity contribution in [3.8, 4) is 11.1 Å². The molecule has 3 heteroatoms. The van der Waals surface area contributed by atoms with Gasteiger partial charge >= 0.3 is 108 Å². The van der Waals surface area contributed by atoms with Crippen LogP contribution in [0.25, 0.3) is 17.2 Å². The maximum atomic E-state index is 2.27. The topological polar surface area (TPSA) is 0 Å². The third kappa shape index (κ3) is 2.45. The standard InChI is InChI=1S/C15H11.2FH.Ti/c1-2-6-12(7-3-1)14-10-4-8-13-9-5-11-15(13)14;;;/h1-11H;2*1H;/q;;;+2/p-2. The SMILES string of the molecule is [F-].[F-].[Ti+2][CH]1C=Cc2c(-c3ccccc3)cccc21. The molecule has 0 N–H and O–H groups in total. The molecule has 0 saturated carbocycles. The summed E-state index contributed by atoms with van der Waals surface area (Å²) in [5, 5.41) is 0. The van der Waals surface area contributed by atoms with Crippen molar-refractivity contribution >= 4 is 6.08 Å². The van der Waals surface area contributed by atoms with Gasteiger partial charge in [0.15, 0.2) is 0 Å². The average molecular weight is 277 g/mol. The van der Waals surface area contributed by atoms with Crippen molar-refractivity contribution in [2.75, 3.05) is 0 Å². The van der Waals surface area contributed by atoms with Gasteiger partial charge in [0.2, 0.25) is 0 Å². The summed E-state index contributed by atoms with van der Waals surface area (Å²) in [7, 11) is 0. The molecule has 0 aromatic heterocycles. The van der Waals surface area contributed by atoms with Crippen molar-refractivity contribution in [2.45, 2.75) is 4.22 Å². The van der Waals surface area contributed by atoms with Crippen molar-refractivity contribution < 1.29 is 29.8 Å². The molecule has 2 aromatic carbocycles. The van der Waals surface area contributed by atoms with E-state index in [1.165, 1.54) is 22.3 Å². The van der Waals surface area contributed by atoms with Crippen LogP contribution in [-0.2, 0) is 20.4 Å². The maximum absolute atomic E-state index is 2.27. The summed E-state index contributed by atoms with van der Waals surface area (Å²) >= 11 is 2.25. The molecular weight excluding hydrogens is 266 g/mol. The Labute approximate surface area is 117 Å². The van der Waals surface area contributed by atoms with Crippen molar-refractivity contribution in [1.82, 2.24) is 0 Å². The van der Waals surface area contributed by atoms with E-state index in [1.807, 2.05) is 0 Å². The Hall–Kier alpha value is -1.25. The second-order valence-electron chi connectivity index (χ2n) is 4.01. The fourth-order valence-corrected chi connectivity index (χ4v) is 2.75. The molecule has 0 nitrogen and oxygen atoms in total. The van der Waals surface area contributed by atoms with E-state index in [-0.39, 0.29) is 9.41 Å². The van der Waals surface area contributed by atoms with Crippen molar-refractivity contribution in [3.63, 3.8) is 0 Å². The van der Waals surface area contributed by atoms with E-state index < -0.39 is 0 Å². The second kappa shape index (κ2) is 6.08. The normalized spacial score (nSPS) is 15.6. The first-order valence-corrected chi connectivity index (χ1v) is 6.34. The third-order valence-electron chi connectivity index (χ3n) is 3.02. The first kappa shape index (κ1) is 14.8. The molecule has 0 fully saturated rings. The Morgan fingerprint density at radius 1 is 0.833 bits per heavy atom. The zero-order chi connectivity index (χ0) is 11.0. The minimum absolute atomic E-state index is 0. The van der Waals surface area contributed by atoms with E-state index in [2.05, 4.69) is 81.1 Å². The van der Waals surface area contributed by atoms with Crippen LogP contribution in [0.4, 0.5) is 0 Å². The molecule has 2 aromatic rings. The van der Waals surface area contributed by atoms with Crippen LogP contribution in [0.1, 0.15) is 15.3 Å². The van der Waals surface area contributed by atoms with Crippen LogP contribution in [0.5, 0.6) is 0 Å². The summed E-state index contributed by atoms with van der Waals surface area (Å²) in [6.07, 6.45) is 4.53. The number of allylic oxidation sites excluding steroid dienone is 1. The number of hydrogen-bond acceptors (Lipinski definition) is 0. The molecule has 0 radical (unpaired) electrons. The van der Waals surface area contributed by atoms with E-state index in [0.29, 0.717) is 4.22 Å². The van der Waals surface area contributed by atoms with Crippen molar-refractivity contribution in [3.05, 3.63) is 65.7 Å². The van der Waals surface area contributed by atoms with E-state index in [9.17, 15) is 0 Å². The van der Waals surface area contributed by atoms with Gasteiger partial charge in [0.1, 0.15) is 0 Å². The number of benzene rings is 2. The quantitative estimate of drug-likeness (QED) is 0.528. The number of rotatable bonds is 1. The Bertz CT molecular complexity index is 550. The van der Waals surface area contributed by atoms with E-state index >= 15 is 0 Å². The second-order valence-corrected chi connectivity index (χ2v) is 4.98. The first-order chi connectivity index (χ1) is 7.86. The van der Waals surface area contributed by atoms with Gasteiger partial charge in [0.25, 0.3) is 0 Å². The molecule has 89 valence electrons. The van der Waals surface area contributed by atoms with Crippen LogP contribution in [0, 0.1) is 0 Å². The molecule has 0 amide bonds. The molecular formula is C15H11F2Ti. The molecule has 1 unspecified atom stereocenters. The zero-order valence-corrected chi connectivity index (χ0v) is 11.2. The molecule has 18 heavy (non-hydrogen) atoms. The third-order valence-corrected chi connectivity index (χ3v) is 3.80. The number of halogens is 2. The summed E-state index contributed by atoms with van der Waals surface area (Å²) in [6, 6.07) is 17.2. The number of fused-ring (bicyclic) bond motifs is 1. The van der Waals surface area contributed by atoms with Gasteiger partial charge in [-0.2, -0.15) is 0 Å². The zero-order valence-electron chi connectivity index (χ0n) is 9.61. The Morgan fingerprint density at radius 3 is 2.28 bits per heavy atom.